The topological polar surface area (TPSA) is 0 Å². The summed E-state index contributed by atoms with van der Waals surface area (Å²) in [5.41, 5.74) is 1.39. The Morgan fingerprint density at radius 1 is 1.23 bits per heavy atom. The molecule has 1 aliphatic carbocycles. The molecule has 3 atom stereocenters. The summed E-state index contributed by atoms with van der Waals surface area (Å²) in [6.45, 7) is 15.1. The number of hydrogen-bond acceptors (Lipinski definition) is 0. The van der Waals surface area contributed by atoms with Gasteiger partial charge in [0.15, 0.2) is 0 Å². The summed E-state index contributed by atoms with van der Waals surface area (Å²) in [7, 11) is 0. The van der Waals surface area contributed by atoms with E-state index in [0.29, 0.717) is 0 Å². The van der Waals surface area contributed by atoms with Gasteiger partial charge in [-0.1, -0.05) is 46.3 Å². The second-order valence-corrected chi connectivity index (χ2v) is 4.71. The molecule has 0 saturated heterocycles. The lowest BCUT2D eigenvalue weighted by molar-refractivity contribution is 0.481. The first-order valence-corrected chi connectivity index (χ1v) is 5.68. The highest BCUT2D eigenvalue weighted by atomic mass is 14.3. The molecule has 0 heteroatoms. The first kappa shape index (κ1) is 12.7. The maximum atomic E-state index is 4.02. The molecule has 2 unspecified atom stereocenters. The van der Waals surface area contributed by atoms with Gasteiger partial charge in [-0.2, -0.15) is 0 Å². The fourth-order valence-corrected chi connectivity index (χ4v) is 2.25. The van der Waals surface area contributed by atoms with E-state index in [9.17, 15) is 0 Å². The van der Waals surface area contributed by atoms with Crippen molar-refractivity contribution in [1.29, 1.82) is 0 Å². The SMILES string of the molecule is C=C(C)C1C[C@H](C)CC1C.CCC. The lowest BCUT2D eigenvalue weighted by Crippen LogP contribution is -2.03. The van der Waals surface area contributed by atoms with Crippen LogP contribution in [0.15, 0.2) is 12.2 Å². The molecule has 1 fully saturated rings. The van der Waals surface area contributed by atoms with E-state index in [2.05, 4.69) is 41.2 Å². The molecule has 0 amide bonds. The van der Waals surface area contributed by atoms with Crippen molar-refractivity contribution in [1.82, 2.24) is 0 Å². The maximum Gasteiger partial charge on any atom is -0.0180 e. The molecular weight excluding hydrogens is 156 g/mol. The smallest absolute Gasteiger partial charge is 0.0180 e. The van der Waals surface area contributed by atoms with E-state index in [1.54, 1.807) is 0 Å². The van der Waals surface area contributed by atoms with Gasteiger partial charge >= 0.3 is 0 Å². The molecule has 0 spiro atoms. The van der Waals surface area contributed by atoms with E-state index >= 15 is 0 Å². The first-order chi connectivity index (χ1) is 6.02. The van der Waals surface area contributed by atoms with Crippen molar-refractivity contribution in [2.75, 3.05) is 0 Å². The van der Waals surface area contributed by atoms with E-state index in [1.807, 2.05) is 0 Å². The second kappa shape index (κ2) is 6.23. The van der Waals surface area contributed by atoms with E-state index in [1.165, 1.54) is 24.8 Å². The number of rotatable bonds is 1. The van der Waals surface area contributed by atoms with Gasteiger partial charge in [0.2, 0.25) is 0 Å². The van der Waals surface area contributed by atoms with E-state index in [-0.39, 0.29) is 0 Å². The van der Waals surface area contributed by atoms with Gasteiger partial charge in [-0.15, -0.1) is 0 Å². The van der Waals surface area contributed by atoms with Crippen molar-refractivity contribution in [2.24, 2.45) is 17.8 Å². The van der Waals surface area contributed by atoms with Gasteiger partial charge in [0.1, 0.15) is 0 Å². The molecule has 0 N–H and O–H groups in total. The Morgan fingerprint density at radius 3 is 1.85 bits per heavy atom. The largest absolute Gasteiger partial charge is 0.0999 e. The molecule has 0 bridgehead atoms. The third-order valence-electron chi connectivity index (χ3n) is 2.75. The highest BCUT2D eigenvalue weighted by Gasteiger charge is 2.28. The Morgan fingerprint density at radius 2 is 1.69 bits per heavy atom. The molecule has 0 aromatic heterocycles. The summed E-state index contributed by atoms with van der Waals surface area (Å²) < 4.78 is 0. The first-order valence-electron chi connectivity index (χ1n) is 5.68. The van der Waals surface area contributed by atoms with Gasteiger partial charge in [0.05, 0.1) is 0 Å². The van der Waals surface area contributed by atoms with Crippen LogP contribution in [0.3, 0.4) is 0 Å². The highest BCUT2D eigenvalue weighted by Crippen LogP contribution is 2.39. The third-order valence-corrected chi connectivity index (χ3v) is 2.75. The van der Waals surface area contributed by atoms with Crippen molar-refractivity contribution in [3.05, 3.63) is 12.2 Å². The van der Waals surface area contributed by atoms with Crippen LogP contribution in [0.25, 0.3) is 0 Å². The zero-order valence-corrected chi connectivity index (χ0v) is 10.1. The molecule has 78 valence electrons. The Kier molecular flexibility index (Phi) is 6.11. The average Bonchev–Trinajstić information content (AvgIpc) is 2.31. The van der Waals surface area contributed by atoms with Crippen LogP contribution in [0.2, 0.25) is 0 Å². The molecule has 13 heavy (non-hydrogen) atoms. The Hall–Kier alpha value is -0.260. The van der Waals surface area contributed by atoms with Crippen LogP contribution in [0.4, 0.5) is 0 Å². The lowest BCUT2D eigenvalue weighted by atomic mass is 9.92. The van der Waals surface area contributed by atoms with E-state index in [4.69, 9.17) is 0 Å². The lowest BCUT2D eigenvalue weighted by Gasteiger charge is -2.13. The van der Waals surface area contributed by atoms with Crippen LogP contribution in [0.1, 0.15) is 53.9 Å². The van der Waals surface area contributed by atoms with Gasteiger partial charge in [0.25, 0.3) is 0 Å². The Balaban J connectivity index is 0.000000424. The van der Waals surface area contributed by atoms with Crippen molar-refractivity contribution < 1.29 is 0 Å². The highest BCUT2D eigenvalue weighted by molar-refractivity contribution is 5.01. The molecule has 1 aliphatic rings. The Labute approximate surface area is 84.4 Å². The molecule has 0 aromatic carbocycles. The predicted octanol–water partition coefficient (Wildman–Crippen LogP) is 4.66. The minimum absolute atomic E-state index is 0.815. The summed E-state index contributed by atoms with van der Waals surface area (Å²) in [6.07, 6.45) is 4.02. The third kappa shape index (κ3) is 4.50. The van der Waals surface area contributed by atoms with Crippen LogP contribution in [0, 0.1) is 17.8 Å². The van der Waals surface area contributed by atoms with Gasteiger partial charge in [-0.3, -0.25) is 0 Å². The zero-order chi connectivity index (χ0) is 10.4. The fourth-order valence-electron chi connectivity index (χ4n) is 2.25. The fraction of sp³-hybridized carbons (Fsp3) is 0.846. The van der Waals surface area contributed by atoms with Crippen LogP contribution in [-0.4, -0.2) is 0 Å². The second-order valence-electron chi connectivity index (χ2n) is 4.71. The monoisotopic (exact) mass is 182 g/mol. The van der Waals surface area contributed by atoms with Crippen molar-refractivity contribution >= 4 is 0 Å². The summed E-state index contributed by atoms with van der Waals surface area (Å²) in [5.74, 6) is 2.62. The zero-order valence-electron chi connectivity index (χ0n) is 10.1. The van der Waals surface area contributed by atoms with Gasteiger partial charge < -0.3 is 0 Å². The van der Waals surface area contributed by atoms with Crippen LogP contribution in [-0.2, 0) is 0 Å². The summed E-state index contributed by atoms with van der Waals surface area (Å²) >= 11 is 0. The number of hydrogen-bond donors (Lipinski definition) is 0. The number of allylic oxidation sites excluding steroid dienone is 1. The van der Waals surface area contributed by atoms with Crippen molar-refractivity contribution in [3.8, 4) is 0 Å². The standard InChI is InChI=1S/C10H18.C3H8/c1-7(2)10-6-8(3)5-9(10)4;1-3-2/h8-10H,1,5-6H2,2-4H3;3H2,1-2H3/t8-,9?,10?;/m1./s1. The molecule has 0 heterocycles. The van der Waals surface area contributed by atoms with Gasteiger partial charge in [0, 0.05) is 0 Å². The van der Waals surface area contributed by atoms with Crippen LogP contribution in [0.5, 0.6) is 0 Å². The molecule has 1 rings (SSSR count). The molecule has 0 nitrogen and oxygen atoms in total. The summed E-state index contributed by atoms with van der Waals surface area (Å²) in [5, 5.41) is 0. The van der Waals surface area contributed by atoms with Crippen LogP contribution < -0.4 is 0 Å². The molecule has 1 saturated carbocycles. The van der Waals surface area contributed by atoms with E-state index < -0.39 is 0 Å². The minimum atomic E-state index is 0.815. The maximum absolute atomic E-state index is 4.02. The summed E-state index contributed by atoms with van der Waals surface area (Å²) in [4.78, 5) is 0. The van der Waals surface area contributed by atoms with Crippen LogP contribution >= 0.6 is 0 Å². The summed E-state index contributed by atoms with van der Waals surface area (Å²) in [6, 6.07) is 0. The van der Waals surface area contributed by atoms with Gasteiger partial charge in [-0.25, -0.2) is 0 Å². The molecule has 0 aromatic rings. The van der Waals surface area contributed by atoms with Crippen molar-refractivity contribution in [2.45, 2.75) is 53.9 Å². The van der Waals surface area contributed by atoms with Gasteiger partial charge in [-0.05, 0) is 37.5 Å². The van der Waals surface area contributed by atoms with E-state index in [0.717, 1.165) is 17.8 Å². The quantitative estimate of drug-likeness (QED) is 0.517. The normalized spacial score (nSPS) is 32.2. The molecule has 0 radical (unpaired) electrons. The molecular formula is C13H26. The molecule has 0 aliphatic heterocycles. The minimum Gasteiger partial charge on any atom is -0.0999 e. The average molecular weight is 182 g/mol. The van der Waals surface area contributed by atoms with Crippen molar-refractivity contribution in [3.63, 3.8) is 0 Å². The predicted molar refractivity (Wildman–Crippen MR) is 61.8 cm³/mol. The Bertz CT molecular complexity index is 146.